The van der Waals surface area contributed by atoms with Gasteiger partial charge in [-0.1, -0.05) is 19.8 Å². The molecule has 1 aliphatic rings. The number of H-pyrrole nitrogens is 1. The van der Waals surface area contributed by atoms with Crippen molar-refractivity contribution in [3.63, 3.8) is 0 Å². The lowest BCUT2D eigenvalue weighted by Crippen LogP contribution is -2.22. The normalized spacial score (nSPS) is 12.8. The lowest BCUT2D eigenvalue weighted by atomic mass is 10.0. The molecule has 0 bridgehead atoms. The number of nitrogens with one attached hydrogen (secondary N) is 1. The molecule has 0 atom stereocenters. The third-order valence-corrected chi connectivity index (χ3v) is 3.67. The van der Waals surface area contributed by atoms with Crippen molar-refractivity contribution in [3.05, 3.63) is 40.1 Å². The molecule has 0 saturated heterocycles. The Morgan fingerprint density at radius 1 is 1.35 bits per heavy atom. The summed E-state index contributed by atoms with van der Waals surface area (Å²) in [6.07, 6.45) is 5.15. The Morgan fingerprint density at radius 2 is 2.25 bits per heavy atom. The molecular weight excluding hydrogens is 254 g/mol. The maximum Gasteiger partial charge on any atom is 0.347 e. The maximum absolute atomic E-state index is 11.8. The van der Waals surface area contributed by atoms with Crippen LogP contribution in [0.4, 0.5) is 0 Å². The van der Waals surface area contributed by atoms with Gasteiger partial charge in [-0.05, 0) is 36.6 Å². The van der Waals surface area contributed by atoms with E-state index in [1.807, 2.05) is 18.2 Å². The standard InChI is InChI=1S/C15H19N3O2/c1-2-3-4-9-20-12-6-7-13-11(10-12)5-8-14-16-17-15(19)18(13)14/h6-7,10H,2-5,8-9H2,1H3,(H,17,19). The summed E-state index contributed by atoms with van der Waals surface area (Å²) < 4.78 is 7.42. The van der Waals surface area contributed by atoms with Crippen LogP contribution in [0.2, 0.25) is 0 Å². The molecule has 1 aliphatic heterocycles. The Labute approximate surface area is 117 Å². The first-order valence-corrected chi connectivity index (χ1v) is 7.22. The molecule has 0 aliphatic carbocycles. The minimum absolute atomic E-state index is 0.169. The van der Waals surface area contributed by atoms with Crippen LogP contribution in [0.15, 0.2) is 23.0 Å². The SMILES string of the molecule is CCCCCOc1ccc2c(c1)CCc1n[nH]c(=O)n1-2. The van der Waals surface area contributed by atoms with E-state index < -0.39 is 0 Å². The summed E-state index contributed by atoms with van der Waals surface area (Å²) in [5.41, 5.74) is 1.90. The Morgan fingerprint density at radius 3 is 3.10 bits per heavy atom. The van der Waals surface area contributed by atoms with E-state index in [1.165, 1.54) is 12.8 Å². The lowest BCUT2D eigenvalue weighted by Gasteiger charge is -2.18. The summed E-state index contributed by atoms with van der Waals surface area (Å²) in [4.78, 5) is 11.8. The lowest BCUT2D eigenvalue weighted by molar-refractivity contribution is 0.306. The first kappa shape index (κ1) is 13.0. The van der Waals surface area contributed by atoms with Crippen LogP contribution in [0.25, 0.3) is 5.69 Å². The molecule has 0 radical (unpaired) electrons. The highest BCUT2D eigenvalue weighted by molar-refractivity contribution is 5.48. The van der Waals surface area contributed by atoms with Gasteiger partial charge in [0.15, 0.2) is 0 Å². The van der Waals surface area contributed by atoms with Crippen molar-refractivity contribution in [3.8, 4) is 11.4 Å². The van der Waals surface area contributed by atoms with Crippen LogP contribution in [0.1, 0.15) is 37.6 Å². The van der Waals surface area contributed by atoms with Gasteiger partial charge in [0, 0.05) is 6.42 Å². The van der Waals surface area contributed by atoms with Crippen LogP contribution in [0, 0.1) is 0 Å². The van der Waals surface area contributed by atoms with E-state index in [0.29, 0.717) is 0 Å². The summed E-state index contributed by atoms with van der Waals surface area (Å²) in [7, 11) is 0. The Balaban J connectivity index is 1.81. The number of benzene rings is 1. The fraction of sp³-hybridized carbons (Fsp3) is 0.467. The van der Waals surface area contributed by atoms with E-state index in [9.17, 15) is 4.79 Å². The molecule has 106 valence electrons. The fourth-order valence-corrected chi connectivity index (χ4v) is 2.60. The fourth-order valence-electron chi connectivity index (χ4n) is 2.60. The number of aryl methyl sites for hydroxylation is 2. The van der Waals surface area contributed by atoms with Gasteiger partial charge in [-0.3, -0.25) is 0 Å². The van der Waals surface area contributed by atoms with Crippen LogP contribution >= 0.6 is 0 Å². The van der Waals surface area contributed by atoms with Gasteiger partial charge in [-0.2, -0.15) is 5.10 Å². The highest BCUT2D eigenvalue weighted by Crippen LogP contribution is 2.26. The first-order valence-electron chi connectivity index (χ1n) is 7.22. The minimum Gasteiger partial charge on any atom is -0.494 e. The molecule has 2 heterocycles. The van der Waals surface area contributed by atoms with Gasteiger partial charge in [-0.15, -0.1) is 0 Å². The topological polar surface area (TPSA) is 59.9 Å². The largest absolute Gasteiger partial charge is 0.494 e. The molecular formula is C15H19N3O2. The Kier molecular flexibility index (Phi) is 3.58. The average Bonchev–Trinajstić information content (AvgIpc) is 2.85. The molecule has 0 saturated carbocycles. The van der Waals surface area contributed by atoms with Gasteiger partial charge in [-0.25, -0.2) is 14.5 Å². The number of fused-ring (bicyclic) bond motifs is 3. The van der Waals surface area contributed by atoms with Gasteiger partial charge >= 0.3 is 5.69 Å². The number of hydrogen-bond acceptors (Lipinski definition) is 3. The van der Waals surface area contributed by atoms with Crippen molar-refractivity contribution >= 4 is 0 Å². The van der Waals surface area contributed by atoms with Crippen molar-refractivity contribution < 1.29 is 4.74 Å². The highest BCUT2D eigenvalue weighted by Gasteiger charge is 2.19. The van der Waals surface area contributed by atoms with Crippen LogP contribution in [-0.4, -0.2) is 21.4 Å². The van der Waals surface area contributed by atoms with Crippen LogP contribution in [0.3, 0.4) is 0 Å². The second-order valence-corrected chi connectivity index (χ2v) is 5.13. The number of rotatable bonds is 5. The molecule has 0 amide bonds. The molecule has 1 aromatic carbocycles. The number of nitrogens with zero attached hydrogens (tertiary/aromatic N) is 2. The van der Waals surface area contributed by atoms with E-state index in [-0.39, 0.29) is 5.69 Å². The summed E-state index contributed by atoms with van der Waals surface area (Å²) in [5, 5.41) is 6.55. The van der Waals surface area contributed by atoms with Crippen molar-refractivity contribution in [2.45, 2.75) is 39.0 Å². The number of aromatic amines is 1. The average molecular weight is 273 g/mol. The van der Waals surface area contributed by atoms with Crippen LogP contribution in [-0.2, 0) is 12.8 Å². The van der Waals surface area contributed by atoms with Gasteiger partial charge in [0.2, 0.25) is 0 Å². The van der Waals surface area contributed by atoms with Crippen molar-refractivity contribution in [1.82, 2.24) is 14.8 Å². The number of ether oxygens (including phenoxy) is 1. The van der Waals surface area contributed by atoms with Crippen LogP contribution in [0.5, 0.6) is 5.75 Å². The van der Waals surface area contributed by atoms with E-state index in [0.717, 1.165) is 48.7 Å². The Bertz CT molecular complexity index is 657. The molecule has 0 unspecified atom stereocenters. The summed E-state index contributed by atoms with van der Waals surface area (Å²) in [5.74, 6) is 1.69. The van der Waals surface area contributed by atoms with Gasteiger partial charge in [0.25, 0.3) is 0 Å². The molecule has 1 aromatic heterocycles. The van der Waals surface area contributed by atoms with Gasteiger partial charge in [0.1, 0.15) is 11.6 Å². The zero-order valence-electron chi connectivity index (χ0n) is 11.7. The first-order chi connectivity index (χ1) is 9.79. The third kappa shape index (κ3) is 2.35. The van der Waals surface area contributed by atoms with Crippen molar-refractivity contribution in [2.24, 2.45) is 0 Å². The monoisotopic (exact) mass is 273 g/mol. The number of hydrogen-bond donors (Lipinski definition) is 1. The zero-order valence-corrected chi connectivity index (χ0v) is 11.7. The molecule has 2 aromatic rings. The molecule has 5 heteroatoms. The third-order valence-electron chi connectivity index (χ3n) is 3.67. The summed E-state index contributed by atoms with van der Waals surface area (Å²) in [6.45, 7) is 2.93. The molecule has 20 heavy (non-hydrogen) atoms. The molecule has 1 N–H and O–H groups in total. The predicted molar refractivity (Wildman–Crippen MR) is 76.6 cm³/mol. The smallest absolute Gasteiger partial charge is 0.347 e. The summed E-state index contributed by atoms with van der Waals surface area (Å²) in [6, 6.07) is 5.92. The zero-order chi connectivity index (χ0) is 13.9. The van der Waals surface area contributed by atoms with Crippen molar-refractivity contribution in [1.29, 1.82) is 0 Å². The van der Waals surface area contributed by atoms with Gasteiger partial charge < -0.3 is 4.74 Å². The van der Waals surface area contributed by atoms with E-state index >= 15 is 0 Å². The van der Waals surface area contributed by atoms with E-state index in [1.54, 1.807) is 4.57 Å². The molecule has 5 nitrogen and oxygen atoms in total. The second-order valence-electron chi connectivity index (χ2n) is 5.13. The summed E-state index contributed by atoms with van der Waals surface area (Å²) >= 11 is 0. The highest BCUT2D eigenvalue weighted by atomic mass is 16.5. The van der Waals surface area contributed by atoms with Crippen molar-refractivity contribution in [2.75, 3.05) is 6.61 Å². The predicted octanol–water partition coefficient (Wildman–Crippen LogP) is 2.23. The van der Waals surface area contributed by atoms with Crippen LogP contribution < -0.4 is 10.4 Å². The molecule has 0 fully saturated rings. The van der Waals surface area contributed by atoms with E-state index in [4.69, 9.17) is 4.74 Å². The Hall–Kier alpha value is -2.04. The number of unbranched alkanes of at least 4 members (excludes halogenated alkanes) is 2. The molecule has 3 rings (SSSR count). The number of aromatic nitrogens is 3. The quantitative estimate of drug-likeness (QED) is 0.850. The molecule has 0 spiro atoms. The minimum atomic E-state index is -0.169. The second kappa shape index (κ2) is 5.53. The van der Waals surface area contributed by atoms with E-state index in [2.05, 4.69) is 17.1 Å². The maximum atomic E-state index is 11.8. The van der Waals surface area contributed by atoms with Gasteiger partial charge in [0.05, 0.1) is 12.3 Å².